The van der Waals surface area contributed by atoms with Gasteiger partial charge in [-0.15, -0.1) is 0 Å². The van der Waals surface area contributed by atoms with E-state index in [2.05, 4.69) is 5.32 Å². The Morgan fingerprint density at radius 3 is 2.31 bits per heavy atom. The van der Waals surface area contributed by atoms with Crippen LogP contribution in [0.3, 0.4) is 0 Å². The van der Waals surface area contributed by atoms with E-state index in [-0.39, 0.29) is 23.8 Å². The molecule has 2 aliphatic carbocycles. The average molecular weight is 545 g/mol. The number of hydrogen-bond acceptors (Lipinski definition) is 4. The van der Waals surface area contributed by atoms with Gasteiger partial charge in [0.2, 0.25) is 0 Å². The summed E-state index contributed by atoms with van der Waals surface area (Å²) >= 11 is 18.7. The number of halogens is 3. The van der Waals surface area contributed by atoms with Crippen LogP contribution in [0.1, 0.15) is 74.8 Å². The molecule has 0 amide bonds. The van der Waals surface area contributed by atoms with Gasteiger partial charge in [0.25, 0.3) is 0 Å². The van der Waals surface area contributed by atoms with Gasteiger partial charge in [-0.3, -0.25) is 4.79 Å². The van der Waals surface area contributed by atoms with Crippen molar-refractivity contribution in [1.29, 1.82) is 0 Å². The first kappa shape index (κ1) is 25.4. The van der Waals surface area contributed by atoms with Crippen molar-refractivity contribution >= 4 is 46.6 Å². The predicted octanol–water partition coefficient (Wildman–Crippen LogP) is 7.88. The SMILES string of the molecule is CC1=C(C(=O)OC2CCCCC2)C(c2ccc(Cl)c(Cl)c2)C2=C(CC(c3ccc(Cl)cc3)CC2=O)N1. The van der Waals surface area contributed by atoms with E-state index in [0.29, 0.717) is 44.8 Å². The van der Waals surface area contributed by atoms with E-state index in [1.165, 1.54) is 6.42 Å². The van der Waals surface area contributed by atoms with Gasteiger partial charge in [0.15, 0.2) is 5.78 Å². The van der Waals surface area contributed by atoms with Crippen LogP contribution in [0.4, 0.5) is 0 Å². The molecule has 4 nitrogen and oxygen atoms in total. The smallest absolute Gasteiger partial charge is 0.337 e. The van der Waals surface area contributed by atoms with Crippen LogP contribution in [-0.2, 0) is 14.3 Å². The summed E-state index contributed by atoms with van der Waals surface area (Å²) in [5, 5.41) is 4.88. The van der Waals surface area contributed by atoms with Crippen molar-refractivity contribution in [3.05, 3.63) is 91.2 Å². The number of allylic oxidation sites excluding steroid dienone is 3. The van der Waals surface area contributed by atoms with Gasteiger partial charge in [-0.2, -0.15) is 0 Å². The Kier molecular flexibility index (Phi) is 7.48. The highest BCUT2D eigenvalue weighted by Crippen LogP contribution is 2.46. The maximum absolute atomic E-state index is 13.7. The van der Waals surface area contributed by atoms with E-state index in [1.54, 1.807) is 12.1 Å². The lowest BCUT2D eigenvalue weighted by Crippen LogP contribution is -2.37. The van der Waals surface area contributed by atoms with Gasteiger partial charge in [-0.25, -0.2) is 4.79 Å². The summed E-state index contributed by atoms with van der Waals surface area (Å²) in [6.07, 6.45) is 5.95. The minimum absolute atomic E-state index is 0.00948. The van der Waals surface area contributed by atoms with Crippen molar-refractivity contribution in [2.75, 3.05) is 0 Å². The molecule has 188 valence electrons. The summed E-state index contributed by atoms with van der Waals surface area (Å²) in [6, 6.07) is 13.0. The molecular formula is C29H28Cl3NO3. The Morgan fingerprint density at radius 1 is 0.917 bits per heavy atom. The minimum Gasteiger partial charge on any atom is -0.459 e. The van der Waals surface area contributed by atoms with Crippen LogP contribution in [0.5, 0.6) is 0 Å². The zero-order valence-electron chi connectivity index (χ0n) is 20.1. The van der Waals surface area contributed by atoms with Crippen LogP contribution in [0.2, 0.25) is 15.1 Å². The van der Waals surface area contributed by atoms with Gasteiger partial charge in [-0.05, 0) is 80.3 Å². The lowest BCUT2D eigenvalue weighted by Gasteiger charge is -2.37. The third-order valence-corrected chi connectivity index (χ3v) is 8.48. The summed E-state index contributed by atoms with van der Waals surface area (Å²) in [5.74, 6) is -0.901. The van der Waals surface area contributed by atoms with Gasteiger partial charge in [-0.1, -0.05) is 59.4 Å². The van der Waals surface area contributed by atoms with Crippen LogP contribution in [-0.4, -0.2) is 17.9 Å². The molecule has 2 atom stereocenters. The normalized spacial score (nSPS) is 22.8. The lowest BCUT2D eigenvalue weighted by molar-refractivity contribution is -0.146. The molecule has 0 bridgehead atoms. The van der Waals surface area contributed by atoms with Crippen molar-refractivity contribution in [2.24, 2.45) is 0 Å². The standard InChI is InChI=1S/C29H28Cl3NO3/c1-16-26(29(35)36-21-5-3-2-4-6-21)27(18-9-12-22(31)23(32)13-18)28-24(33-16)14-19(15-25(28)34)17-7-10-20(30)11-8-17/h7-13,19,21,27,33H,2-6,14-15H2,1H3. The molecule has 1 N–H and O–H groups in total. The number of dihydropyridines is 1. The molecule has 3 aliphatic rings. The highest BCUT2D eigenvalue weighted by Gasteiger charge is 2.42. The zero-order valence-corrected chi connectivity index (χ0v) is 22.3. The quantitative estimate of drug-likeness (QED) is 0.398. The number of benzene rings is 2. The molecule has 7 heteroatoms. The molecule has 5 rings (SSSR count). The van der Waals surface area contributed by atoms with Gasteiger partial charge >= 0.3 is 5.97 Å². The second-order valence-corrected chi connectivity index (χ2v) is 11.2. The third kappa shape index (κ3) is 5.09. The zero-order chi connectivity index (χ0) is 25.4. The molecule has 2 unspecified atom stereocenters. The summed E-state index contributed by atoms with van der Waals surface area (Å²) in [7, 11) is 0. The molecule has 36 heavy (non-hydrogen) atoms. The Hall–Kier alpha value is -2.27. The van der Waals surface area contributed by atoms with E-state index < -0.39 is 5.92 Å². The number of rotatable bonds is 4. The summed E-state index contributed by atoms with van der Waals surface area (Å²) in [6.45, 7) is 1.88. The van der Waals surface area contributed by atoms with Crippen molar-refractivity contribution in [3.63, 3.8) is 0 Å². The monoisotopic (exact) mass is 543 g/mol. The predicted molar refractivity (Wildman–Crippen MR) is 143 cm³/mol. The highest BCUT2D eigenvalue weighted by atomic mass is 35.5. The average Bonchev–Trinajstić information content (AvgIpc) is 2.85. The Labute approximate surface area is 226 Å². The molecule has 1 aliphatic heterocycles. The second-order valence-electron chi connectivity index (χ2n) is 9.91. The molecule has 0 aromatic heterocycles. The molecule has 1 fully saturated rings. The molecule has 2 aromatic carbocycles. The van der Waals surface area contributed by atoms with Gasteiger partial charge in [0.1, 0.15) is 6.10 Å². The number of nitrogens with one attached hydrogen (secondary N) is 1. The van der Waals surface area contributed by atoms with Gasteiger partial charge in [0.05, 0.1) is 15.6 Å². The molecule has 1 heterocycles. The van der Waals surface area contributed by atoms with Crippen LogP contribution >= 0.6 is 34.8 Å². The summed E-state index contributed by atoms with van der Waals surface area (Å²) in [5.41, 5.74) is 4.45. The largest absolute Gasteiger partial charge is 0.459 e. The van der Waals surface area contributed by atoms with Crippen LogP contribution < -0.4 is 5.32 Å². The Morgan fingerprint density at radius 2 is 1.61 bits per heavy atom. The molecule has 0 spiro atoms. The van der Waals surface area contributed by atoms with E-state index in [1.807, 2.05) is 37.3 Å². The molecule has 1 saturated carbocycles. The number of carbonyl (C=O) groups excluding carboxylic acids is 2. The first-order valence-electron chi connectivity index (χ1n) is 12.5. The number of esters is 1. The fraction of sp³-hybridized carbons (Fsp3) is 0.379. The molecule has 2 aromatic rings. The number of hydrogen-bond donors (Lipinski definition) is 1. The molecular weight excluding hydrogens is 517 g/mol. The van der Waals surface area contributed by atoms with E-state index in [4.69, 9.17) is 39.5 Å². The fourth-order valence-electron chi connectivity index (χ4n) is 5.70. The van der Waals surface area contributed by atoms with E-state index in [0.717, 1.165) is 42.5 Å². The highest BCUT2D eigenvalue weighted by molar-refractivity contribution is 6.42. The van der Waals surface area contributed by atoms with Crippen LogP contribution in [0.25, 0.3) is 0 Å². The van der Waals surface area contributed by atoms with Crippen molar-refractivity contribution in [3.8, 4) is 0 Å². The minimum atomic E-state index is -0.564. The number of ether oxygens (including phenoxy) is 1. The van der Waals surface area contributed by atoms with Crippen molar-refractivity contribution in [2.45, 2.75) is 69.8 Å². The fourth-order valence-corrected chi connectivity index (χ4v) is 6.14. The lowest BCUT2D eigenvalue weighted by atomic mass is 9.71. The van der Waals surface area contributed by atoms with Crippen molar-refractivity contribution in [1.82, 2.24) is 5.32 Å². The summed E-state index contributed by atoms with van der Waals surface area (Å²) in [4.78, 5) is 27.3. The maximum atomic E-state index is 13.7. The first-order valence-corrected chi connectivity index (χ1v) is 13.6. The Balaban J connectivity index is 1.54. The third-order valence-electron chi connectivity index (χ3n) is 7.49. The summed E-state index contributed by atoms with van der Waals surface area (Å²) < 4.78 is 5.98. The topological polar surface area (TPSA) is 55.4 Å². The van der Waals surface area contributed by atoms with E-state index >= 15 is 0 Å². The van der Waals surface area contributed by atoms with Crippen molar-refractivity contribution < 1.29 is 14.3 Å². The van der Waals surface area contributed by atoms with Gasteiger partial charge < -0.3 is 10.1 Å². The molecule has 0 radical (unpaired) electrons. The maximum Gasteiger partial charge on any atom is 0.337 e. The second kappa shape index (κ2) is 10.6. The number of carbonyl (C=O) groups is 2. The molecule has 0 saturated heterocycles. The first-order chi connectivity index (χ1) is 17.3. The Bertz CT molecular complexity index is 1260. The van der Waals surface area contributed by atoms with Crippen LogP contribution in [0, 0.1) is 0 Å². The van der Waals surface area contributed by atoms with E-state index in [9.17, 15) is 9.59 Å². The van der Waals surface area contributed by atoms with Gasteiger partial charge in [0, 0.05) is 34.3 Å². The number of Topliss-reactive ketones (excluding diaryl/α,β-unsaturated/α-hetero) is 1. The van der Waals surface area contributed by atoms with Crippen LogP contribution in [0.15, 0.2) is 65.0 Å². The number of ketones is 1.